The van der Waals surface area contributed by atoms with Gasteiger partial charge < -0.3 is 0 Å². The van der Waals surface area contributed by atoms with Gasteiger partial charge in [0.2, 0.25) is 10.3 Å². The Hall–Kier alpha value is -0.540. The molecule has 0 aromatic rings. The van der Waals surface area contributed by atoms with Crippen molar-refractivity contribution in [2.45, 2.75) is 5.38 Å². The number of allylic oxidation sites excluding steroid dienone is 4. The number of hydrogen-bond donors (Lipinski definition) is 0. The van der Waals surface area contributed by atoms with Crippen LogP contribution in [0.4, 0.5) is 0 Å². The molecule has 1 aliphatic rings. The minimum atomic E-state index is -2.19. The first kappa shape index (κ1) is 7.57. The second kappa shape index (κ2) is 3.03. The lowest BCUT2D eigenvalue weighted by atomic mass is 10.2. The predicted octanol–water partition coefficient (Wildman–Crippen LogP) is 0.771. The molecule has 4 heteroatoms. The van der Waals surface area contributed by atoms with Gasteiger partial charge in [-0.15, -0.1) is 11.6 Å². The van der Waals surface area contributed by atoms with E-state index in [2.05, 4.69) is 0 Å². The third-order valence-electron chi connectivity index (χ3n) is 1.12. The van der Waals surface area contributed by atoms with E-state index in [1.54, 1.807) is 18.2 Å². The third-order valence-corrected chi connectivity index (χ3v) is 2.40. The van der Waals surface area contributed by atoms with Crippen LogP contribution in [0.5, 0.6) is 0 Å². The first-order valence-electron chi connectivity index (χ1n) is 2.67. The molecule has 0 aromatic carbocycles. The van der Waals surface area contributed by atoms with E-state index in [1.807, 2.05) is 0 Å². The first-order chi connectivity index (χ1) is 4.72. The van der Waals surface area contributed by atoms with Crippen molar-refractivity contribution in [1.82, 2.24) is 0 Å². The Kier molecular flexibility index (Phi) is 2.29. The van der Waals surface area contributed by atoms with Crippen molar-refractivity contribution in [3.8, 4) is 0 Å². The smallest absolute Gasteiger partial charge is 0.184 e. The van der Waals surface area contributed by atoms with Crippen molar-refractivity contribution in [2.75, 3.05) is 0 Å². The van der Waals surface area contributed by atoms with Crippen LogP contribution in [0.1, 0.15) is 0 Å². The fourth-order valence-electron chi connectivity index (χ4n) is 0.646. The summed E-state index contributed by atoms with van der Waals surface area (Å²) in [5.74, 6) is 0. The van der Waals surface area contributed by atoms with Gasteiger partial charge >= 0.3 is 0 Å². The molecule has 1 aliphatic carbocycles. The highest BCUT2D eigenvalue weighted by Gasteiger charge is 2.09. The zero-order chi connectivity index (χ0) is 7.56. The maximum Gasteiger partial charge on any atom is 0.219 e. The molecule has 0 saturated carbocycles. The van der Waals surface area contributed by atoms with Crippen LogP contribution in [0.25, 0.3) is 0 Å². The van der Waals surface area contributed by atoms with Crippen LogP contribution < -0.4 is 0 Å². The second-order valence-electron chi connectivity index (χ2n) is 1.78. The van der Waals surface area contributed by atoms with Crippen molar-refractivity contribution in [3.63, 3.8) is 0 Å². The molecule has 54 valence electrons. The van der Waals surface area contributed by atoms with Crippen LogP contribution in [-0.4, -0.2) is 18.7 Å². The highest BCUT2D eigenvalue weighted by molar-refractivity contribution is 7.73. The Bertz CT molecular complexity index is 303. The lowest BCUT2D eigenvalue weighted by Gasteiger charge is -2.02. The molecule has 0 spiro atoms. The van der Waals surface area contributed by atoms with Gasteiger partial charge in [-0.1, -0.05) is 18.2 Å². The molecule has 0 N–H and O–H groups in total. The normalized spacial score (nSPS) is 23.3. The lowest BCUT2D eigenvalue weighted by molar-refractivity contribution is 0.627. The summed E-state index contributed by atoms with van der Waals surface area (Å²) in [6, 6.07) is 0. The minimum Gasteiger partial charge on any atom is -0.184 e. The molecular weight excluding hydrogens is 172 g/mol. The maximum atomic E-state index is 10.4. The van der Waals surface area contributed by atoms with Crippen molar-refractivity contribution < 1.29 is 8.42 Å². The molecule has 0 amide bonds. The standard InChI is InChI=1S/C6H5ClO2S/c7-5-3-1-2-4-6(5)10(8)9/h1-5H. The quantitative estimate of drug-likeness (QED) is 0.404. The minimum absolute atomic E-state index is 0.226. The Balaban J connectivity index is 3.15. The topological polar surface area (TPSA) is 34.1 Å². The van der Waals surface area contributed by atoms with Crippen LogP contribution in [-0.2, 0) is 10.3 Å². The van der Waals surface area contributed by atoms with Gasteiger partial charge in [0, 0.05) is 0 Å². The SMILES string of the molecule is O=S(=O)=C1C=CC=CC1Cl. The van der Waals surface area contributed by atoms with E-state index < -0.39 is 15.7 Å². The van der Waals surface area contributed by atoms with E-state index in [1.165, 1.54) is 6.08 Å². The van der Waals surface area contributed by atoms with Crippen LogP contribution >= 0.6 is 11.6 Å². The van der Waals surface area contributed by atoms with E-state index in [0.717, 1.165) is 0 Å². The van der Waals surface area contributed by atoms with Crippen molar-refractivity contribution in [3.05, 3.63) is 24.3 Å². The number of hydrogen-bond acceptors (Lipinski definition) is 2. The van der Waals surface area contributed by atoms with Crippen molar-refractivity contribution >= 4 is 26.8 Å². The Labute approximate surface area is 65.3 Å². The van der Waals surface area contributed by atoms with E-state index in [9.17, 15) is 8.42 Å². The maximum absolute atomic E-state index is 10.4. The van der Waals surface area contributed by atoms with Crippen LogP contribution in [0.3, 0.4) is 0 Å². The molecule has 0 saturated heterocycles. The fourth-order valence-corrected chi connectivity index (χ4v) is 1.47. The Morgan fingerprint density at radius 2 is 2.10 bits per heavy atom. The molecule has 0 fully saturated rings. The van der Waals surface area contributed by atoms with Crippen molar-refractivity contribution in [2.24, 2.45) is 0 Å². The van der Waals surface area contributed by atoms with Gasteiger partial charge in [-0.2, -0.15) is 8.42 Å². The zero-order valence-corrected chi connectivity index (χ0v) is 6.56. The zero-order valence-electron chi connectivity index (χ0n) is 4.99. The van der Waals surface area contributed by atoms with Gasteiger partial charge in [0.25, 0.3) is 0 Å². The molecule has 0 aliphatic heterocycles. The molecule has 1 rings (SSSR count). The summed E-state index contributed by atoms with van der Waals surface area (Å²) in [6.07, 6.45) is 6.46. The van der Waals surface area contributed by atoms with Gasteiger partial charge in [-0.05, 0) is 6.08 Å². The number of rotatable bonds is 0. The number of alkyl halides is 1. The monoisotopic (exact) mass is 176 g/mol. The number of halogens is 1. The van der Waals surface area contributed by atoms with Gasteiger partial charge in [0.05, 0.1) is 10.2 Å². The largest absolute Gasteiger partial charge is 0.219 e. The molecule has 0 heterocycles. The average molecular weight is 177 g/mol. The van der Waals surface area contributed by atoms with Crippen LogP contribution in [0.2, 0.25) is 0 Å². The molecule has 2 nitrogen and oxygen atoms in total. The Morgan fingerprint density at radius 3 is 2.50 bits per heavy atom. The summed E-state index contributed by atoms with van der Waals surface area (Å²) in [5.41, 5.74) is 0. The first-order valence-corrected chi connectivity index (χ1v) is 4.18. The highest BCUT2D eigenvalue weighted by Crippen LogP contribution is 2.06. The summed E-state index contributed by atoms with van der Waals surface area (Å²) in [7, 11) is -2.19. The molecule has 10 heavy (non-hydrogen) atoms. The summed E-state index contributed by atoms with van der Waals surface area (Å²) < 4.78 is 20.7. The van der Waals surface area contributed by atoms with Gasteiger partial charge in [0.1, 0.15) is 0 Å². The summed E-state index contributed by atoms with van der Waals surface area (Å²) in [5, 5.41) is -0.497. The molecule has 1 atom stereocenters. The summed E-state index contributed by atoms with van der Waals surface area (Å²) in [6.45, 7) is 0. The fraction of sp³-hybridized carbons (Fsp3) is 0.167. The summed E-state index contributed by atoms with van der Waals surface area (Å²) >= 11 is 5.61. The molecule has 0 bridgehead atoms. The molecule has 1 unspecified atom stereocenters. The summed E-state index contributed by atoms with van der Waals surface area (Å²) in [4.78, 5) is 0.226. The average Bonchev–Trinajstić information content (AvgIpc) is 1.88. The van der Waals surface area contributed by atoms with E-state index in [-0.39, 0.29) is 4.86 Å². The van der Waals surface area contributed by atoms with Crippen molar-refractivity contribution in [1.29, 1.82) is 0 Å². The lowest BCUT2D eigenvalue weighted by Crippen LogP contribution is -2.11. The van der Waals surface area contributed by atoms with E-state index in [4.69, 9.17) is 11.6 Å². The van der Waals surface area contributed by atoms with E-state index in [0.29, 0.717) is 0 Å². The van der Waals surface area contributed by atoms with Gasteiger partial charge in [-0.25, -0.2) is 0 Å². The van der Waals surface area contributed by atoms with Gasteiger partial charge in [0.15, 0.2) is 0 Å². The Morgan fingerprint density at radius 1 is 1.40 bits per heavy atom. The van der Waals surface area contributed by atoms with Gasteiger partial charge in [-0.3, -0.25) is 0 Å². The predicted molar refractivity (Wildman–Crippen MR) is 41.8 cm³/mol. The second-order valence-corrected chi connectivity index (χ2v) is 3.19. The third kappa shape index (κ3) is 1.49. The van der Waals surface area contributed by atoms with E-state index >= 15 is 0 Å². The van der Waals surface area contributed by atoms with Crippen LogP contribution in [0.15, 0.2) is 24.3 Å². The molecule has 0 aromatic heterocycles. The molecular formula is C6H5ClO2S. The molecule has 0 radical (unpaired) electrons. The van der Waals surface area contributed by atoms with Crippen LogP contribution in [0, 0.1) is 0 Å². The highest BCUT2D eigenvalue weighted by atomic mass is 35.5.